The number of amides is 1. The van der Waals surface area contributed by atoms with Crippen molar-refractivity contribution in [2.24, 2.45) is 0 Å². The highest BCUT2D eigenvalue weighted by Gasteiger charge is 2.27. The zero-order valence-corrected chi connectivity index (χ0v) is 15.5. The molecule has 2 atom stereocenters. The molecule has 5 nitrogen and oxygen atoms in total. The molecule has 0 spiro atoms. The second kappa shape index (κ2) is 10.2. The smallest absolute Gasteiger partial charge is 0.234 e. The summed E-state index contributed by atoms with van der Waals surface area (Å²) >= 11 is 0. The molecule has 1 aliphatic heterocycles. The Labute approximate surface area is 147 Å². The molecule has 0 unspecified atom stereocenters. The van der Waals surface area contributed by atoms with Crippen LogP contribution in [-0.4, -0.2) is 72.2 Å². The first kappa shape index (κ1) is 19.4. The number of allylic oxidation sites excluding steroid dienone is 1. The molecule has 0 radical (unpaired) electrons. The lowest BCUT2D eigenvalue weighted by Gasteiger charge is -2.41. The molecule has 0 saturated carbocycles. The van der Waals surface area contributed by atoms with E-state index in [9.17, 15) is 9.90 Å². The molecular weight excluding hydrogens is 302 g/mol. The Kier molecular flexibility index (Phi) is 8.22. The van der Waals surface area contributed by atoms with E-state index in [-0.39, 0.29) is 12.0 Å². The van der Waals surface area contributed by atoms with Crippen LogP contribution in [0.4, 0.5) is 0 Å². The van der Waals surface area contributed by atoms with Crippen LogP contribution < -0.4 is 5.32 Å². The first-order valence-corrected chi connectivity index (χ1v) is 9.67. The van der Waals surface area contributed by atoms with Gasteiger partial charge in [-0.2, -0.15) is 0 Å². The molecule has 24 heavy (non-hydrogen) atoms. The van der Waals surface area contributed by atoms with Gasteiger partial charge >= 0.3 is 0 Å². The highest BCUT2D eigenvalue weighted by Crippen LogP contribution is 2.19. The van der Waals surface area contributed by atoms with Crippen LogP contribution in [0.25, 0.3) is 0 Å². The summed E-state index contributed by atoms with van der Waals surface area (Å²) in [6.07, 6.45) is 9.15. The lowest BCUT2D eigenvalue weighted by atomic mass is 9.97. The van der Waals surface area contributed by atoms with E-state index in [0.717, 1.165) is 45.6 Å². The number of nitrogens with zero attached hydrogens (tertiary/aromatic N) is 2. The number of β-amino-alcohol motifs (C(OH)–C–C–N with tert-alkyl or cyclic N) is 1. The largest absolute Gasteiger partial charge is 0.392 e. The fourth-order valence-electron chi connectivity index (χ4n) is 3.82. The third kappa shape index (κ3) is 6.54. The Balaban J connectivity index is 1.67. The van der Waals surface area contributed by atoms with Crippen molar-refractivity contribution in [3.05, 3.63) is 11.6 Å². The Morgan fingerprint density at radius 1 is 1.42 bits per heavy atom. The molecule has 0 bridgehead atoms. The molecule has 0 aromatic carbocycles. The van der Waals surface area contributed by atoms with Gasteiger partial charge in [0, 0.05) is 38.8 Å². The zero-order valence-electron chi connectivity index (χ0n) is 15.5. The minimum Gasteiger partial charge on any atom is -0.392 e. The molecule has 2 N–H and O–H groups in total. The van der Waals surface area contributed by atoms with Crippen LogP contribution >= 0.6 is 0 Å². The van der Waals surface area contributed by atoms with Crippen molar-refractivity contribution >= 4 is 5.91 Å². The van der Waals surface area contributed by atoms with E-state index in [1.165, 1.54) is 31.3 Å². The van der Waals surface area contributed by atoms with E-state index in [1.807, 2.05) is 6.92 Å². The first-order valence-electron chi connectivity index (χ1n) is 9.67. The van der Waals surface area contributed by atoms with Crippen molar-refractivity contribution in [2.45, 2.75) is 64.5 Å². The topological polar surface area (TPSA) is 55.8 Å². The maximum atomic E-state index is 12.2. The van der Waals surface area contributed by atoms with Crippen molar-refractivity contribution in [3.63, 3.8) is 0 Å². The van der Waals surface area contributed by atoms with Crippen molar-refractivity contribution in [3.8, 4) is 0 Å². The predicted octanol–water partition coefficient (Wildman–Crippen LogP) is 1.77. The normalized spacial score (nSPS) is 24.5. The fourth-order valence-corrected chi connectivity index (χ4v) is 3.82. The van der Waals surface area contributed by atoms with Gasteiger partial charge in [0.1, 0.15) is 0 Å². The van der Waals surface area contributed by atoms with Gasteiger partial charge in [-0.05, 0) is 45.4 Å². The number of carbonyl (C=O) groups excluding carboxylic acids is 1. The summed E-state index contributed by atoms with van der Waals surface area (Å²) in [7, 11) is 0. The number of hydrogen-bond acceptors (Lipinski definition) is 4. The maximum absolute atomic E-state index is 12.2. The standard InChI is InChI=1S/C19H35N3O2/c1-3-18-14-21(11-12-22(18)13-16(2)23)15-19(24)20-10-9-17-7-5-4-6-8-17/h7,16,18,23H,3-6,8-15H2,1-2H3,(H,20,24)/t16-,18-/m0/s1. The minimum atomic E-state index is -0.289. The molecule has 1 aliphatic carbocycles. The van der Waals surface area contributed by atoms with Crippen LogP contribution in [0.5, 0.6) is 0 Å². The minimum absolute atomic E-state index is 0.144. The molecule has 5 heteroatoms. The maximum Gasteiger partial charge on any atom is 0.234 e. The number of nitrogens with one attached hydrogen (secondary N) is 1. The van der Waals surface area contributed by atoms with E-state index in [0.29, 0.717) is 12.6 Å². The molecule has 1 fully saturated rings. The lowest BCUT2D eigenvalue weighted by Crippen LogP contribution is -2.56. The lowest BCUT2D eigenvalue weighted by molar-refractivity contribution is -0.123. The van der Waals surface area contributed by atoms with Crippen LogP contribution in [-0.2, 0) is 4.79 Å². The van der Waals surface area contributed by atoms with Crippen LogP contribution in [0.1, 0.15) is 52.4 Å². The summed E-state index contributed by atoms with van der Waals surface area (Å²) in [6.45, 7) is 8.78. The summed E-state index contributed by atoms with van der Waals surface area (Å²) in [6, 6.07) is 0.438. The number of aliphatic hydroxyl groups is 1. The molecule has 0 aromatic heterocycles. The number of carbonyl (C=O) groups is 1. The van der Waals surface area contributed by atoms with Crippen molar-refractivity contribution < 1.29 is 9.90 Å². The van der Waals surface area contributed by atoms with Crippen LogP contribution in [0, 0.1) is 0 Å². The molecule has 138 valence electrons. The number of rotatable bonds is 8. The molecule has 1 amide bonds. The Morgan fingerprint density at radius 3 is 2.92 bits per heavy atom. The van der Waals surface area contributed by atoms with E-state index in [4.69, 9.17) is 0 Å². The van der Waals surface area contributed by atoms with Gasteiger partial charge in [0.25, 0.3) is 0 Å². The Hall–Kier alpha value is -0.910. The van der Waals surface area contributed by atoms with Gasteiger partial charge < -0.3 is 10.4 Å². The molecule has 2 aliphatic rings. The van der Waals surface area contributed by atoms with Crippen molar-refractivity contribution in [1.82, 2.24) is 15.1 Å². The van der Waals surface area contributed by atoms with Gasteiger partial charge in [-0.1, -0.05) is 18.6 Å². The van der Waals surface area contributed by atoms with Crippen molar-refractivity contribution in [1.29, 1.82) is 0 Å². The molecule has 1 saturated heterocycles. The Bertz CT molecular complexity index is 423. The molecule has 1 heterocycles. The van der Waals surface area contributed by atoms with Gasteiger partial charge in [-0.3, -0.25) is 14.6 Å². The Morgan fingerprint density at radius 2 is 2.25 bits per heavy atom. The molecular formula is C19H35N3O2. The van der Waals surface area contributed by atoms with E-state index in [2.05, 4.69) is 28.1 Å². The van der Waals surface area contributed by atoms with E-state index >= 15 is 0 Å². The average Bonchev–Trinajstić information content (AvgIpc) is 2.56. The first-order chi connectivity index (χ1) is 11.6. The highest BCUT2D eigenvalue weighted by molar-refractivity contribution is 5.78. The van der Waals surface area contributed by atoms with Crippen LogP contribution in [0.2, 0.25) is 0 Å². The summed E-state index contributed by atoms with van der Waals surface area (Å²) < 4.78 is 0. The average molecular weight is 338 g/mol. The number of hydrogen-bond donors (Lipinski definition) is 2. The van der Waals surface area contributed by atoms with Crippen molar-refractivity contribution in [2.75, 3.05) is 39.3 Å². The van der Waals surface area contributed by atoms with Gasteiger partial charge in [-0.15, -0.1) is 0 Å². The number of piperazine rings is 1. The molecule has 0 aromatic rings. The van der Waals surface area contributed by atoms with Gasteiger partial charge in [0.05, 0.1) is 12.6 Å². The summed E-state index contributed by atoms with van der Waals surface area (Å²) in [5, 5.41) is 12.7. The fraction of sp³-hybridized carbons (Fsp3) is 0.842. The van der Waals surface area contributed by atoms with Gasteiger partial charge in [0.15, 0.2) is 0 Å². The van der Waals surface area contributed by atoms with Gasteiger partial charge in [-0.25, -0.2) is 0 Å². The van der Waals surface area contributed by atoms with E-state index < -0.39 is 0 Å². The SMILES string of the molecule is CC[C@H]1CN(CC(=O)NCCC2=CCCCC2)CCN1C[C@H](C)O. The summed E-state index contributed by atoms with van der Waals surface area (Å²) in [4.78, 5) is 16.8. The van der Waals surface area contributed by atoms with Gasteiger partial charge in [0.2, 0.25) is 5.91 Å². The second-order valence-corrected chi connectivity index (χ2v) is 7.35. The number of aliphatic hydroxyl groups excluding tert-OH is 1. The van der Waals surface area contributed by atoms with Crippen LogP contribution in [0.15, 0.2) is 11.6 Å². The highest BCUT2D eigenvalue weighted by atomic mass is 16.3. The summed E-state index contributed by atoms with van der Waals surface area (Å²) in [5.74, 6) is 0.144. The van der Waals surface area contributed by atoms with E-state index in [1.54, 1.807) is 0 Å². The quantitative estimate of drug-likeness (QED) is 0.663. The predicted molar refractivity (Wildman–Crippen MR) is 98.0 cm³/mol. The van der Waals surface area contributed by atoms with Crippen LogP contribution in [0.3, 0.4) is 0 Å². The monoisotopic (exact) mass is 337 g/mol. The summed E-state index contributed by atoms with van der Waals surface area (Å²) in [5.41, 5.74) is 1.51. The third-order valence-corrected chi connectivity index (χ3v) is 5.18. The zero-order chi connectivity index (χ0) is 17.4. The third-order valence-electron chi connectivity index (χ3n) is 5.18. The second-order valence-electron chi connectivity index (χ2n) is 7.35. The molecule has 2 rings (SSSR count).